The number of carbonyl (C=O) groups is 1. The second kappa shape index (κ2) is 5.36. The molecule has 0 spiro atoms. The van der Waals surface area contributed by atoms with Crippen LogP contribution in [0.5, 0.6) is 0 Å². The first-order chi connectivity index (χ1) is 8.99. The number of Topliss-reactive ketones (excluding diaryl/α,β-unsaturated/α-hetero) is 1. The van der Waals surface area contributed by atoms with Crippen molar-refractivity contribution in [3.63, 3.8) is 0 Å². The Balaban J connectivity index is 2.26. The van der Waals surface area contributed by atoms with Crippen molar-refractivity contribution in [1.82, 2.24) is 4.98 Å². The quantitative estimate of drug-likeness (QED) is 0.841. The number of nitrogen functional groups attached to an aromatic ring is 1. The molecule has 0 unspecified atom stereocenters. The predicted octanol–water partition coefficient (Wildman–Crippen LogP) is 3.45. The number of hydrogen-bond acceptors (Lipinski definition) is 5. The molecule has 1 aromatic carbocycles. The summed E-state index contributed by atoms with van der Waals surface area (Å²) in [5.74, 6) is -0.406. The van der Waals surface area contributed by atoms with E-state index in [1.54, 1.807) is 32.0 Å². The summed E-state index contributed by atoms with van der Waals surface area (Å²) in [6.45, 7) is 3.59. The maximum atomic E-state index is 13.5. The fourth-order valence-electron chi connectivity index (χ4n) is 1.50. The number of nitrogens with two attached hydrogens (primary N) is 1. The molecule has 19 heavy (non-hydrogen) atoms. The molecule has 1 aromatic heterocycles. The number of nitrogens with zero attached hydrogens (tertiary/aromatic N) is 1. The van der Waals surface area contributed by atoms with Crippen molar-refractivity contribution in [3.8, 4) is 0 Å². The van der Waals surface area contributed by atoms with Crippen molar-refractivity contribution in [3.05, 3.63) is 35.0 Å². The largest absolute Gasteiger partial charge is 0.382 e. The number of thiazole rings is 1. The summed E-state index contributed by atoms with van der Waals surface area (Å²) in [6, 6.07) is 6.25. The fourth-order valence-corrected chi connectivity index (χ4v) is 2.49. The maximum Gasteiger partial charge on any atom is 0.189 e. The van der Waals surface area contributed by atoms with Crippen molar-refractivity contribution < 1.29 is 9.18 Å². The Morgan fingerprint density at radius 3 is 2.74 bits per heavy atom. The molecule has 6 heteroatoms. The van der Waals surface area contributed by atoms with E-state index in [4.69, 9.17) is 5.73 Å². The Kier molecular flexibility index (Phi) is 3.80. The number of para-hydroxylation sites is 1. The topological polar surface area (TPSA) is 68.0 Å². The standard InChI is InChI=1S/C13H14FN3OS/c1-7(2)10(18)11-12(15)17-13(19-11)16-9-6-4-3-5-8(9)14/h3-7H,15H2,1-2H3,(H,16,17). The molecular formula is C13H14FN3OS. The molecule has 2 rings (SSSR count). The lowest BCUT2D eigenvalue weighted by molar-refractivity contribution is 0.0944. The van der Waals surface area contributed by atoms with Gasteiger partial charge >= 0.3 is 0 Å². The molecule has 0 saturated heterocycles. The summed E-state index contributed by atoms with van der Waals surface area (Å²) < 4.78 is 13.5. The molecule has 0 amide bonds. The average molecular weight is 279 g/mol. The second-order valence-electron chi connectivity index (χ2n) is 4.36. The molecule has 3 N–H and O–H groups in total. The van der Waals surface area contributed by atoms with E-state index in [0.29, 0.717) is 15.7 Å². The van der Waals surface area contributed by atoms with Crippen LogP contribution in [0.3, 0.4) is 0 Å². The van der Waals surface area contributed by atoms with Gasteiger partial charge in [0.1, 0.15) is 16.5 Å². The molecule has 1 heterocycles. The average Bonchev–Trinajstić information content (AvgIpc) is 2.72. The van der Waals surface area contributed by atoms with Gasteiger partial charge in [-0.05, 0) is 12.1 Å². The molecule has 0 aliphatic heterocycles. The normalized spacial score (nSPS) is 10.7. The van der Waals surface area contributed by atoms with Crippen molar-refractivity contribution >= 4 is 33.8 Å². The van der Waals surface area contributed by atoms with E-state index < -0.39 is 0 Å². The van der Waals surface area contributed by atoms with Gasteiger partial charge in [0, 0.05) is 5.92 Å². The van der Waals surface area contributed by atoms with Crippen molar-refractivity contribution in [2.75, 3.05) is 11.1 Å². The van der Waals surface area contributed by atoms with Crippen molar-refractivity contribution in [2.45, 2.75) is 13.8 Å². The molecule has 0 bridgehead atoms. The zero-order chi connectivity index (χ0) is 14.0. The lowest BCUT2D eigenvalue weighted by Gasteiger charge is -2.02. The van der Waals surface area contributed by atoms with E-state index in [1.807, 2.05) is 0 Å². The van der Waals surface area contributed by atoms with Gasteiger partial charge in [-0.1, -0.05) is 37.3 Å². The first-order valence-electron chi connectivity index (χ1n) is 5.81. The molecule has 0 aliphatic carbocycles. The van der Waals surface area contributed by atoms with Gasteiger partial charge in [0.15, 0.2) is 10.9 Å². The number of aromatic nitrogens is 1. The van der Waals surface area contributed by atoms with E-state index in [-0.39, 0.29) is 23.3 Å². The van der Waals surface area contributed by atoms with Crippen LogP contribution < -0.4 is 11.1 Å². The van der Waals surface area contributed by atoms with Gasteiger partial charge < -0.3 is 11.1 Å². The Bertz CT molecular complexity index is 610. The van der Waals surface area contributed by atoms with E-state index >= 15 is 0 Å². The highest BCUT2D eigenvalue weighted by Crippen LogP contribution is 2.30. The molecule has 2 aromatic rings. The minimum absolute atomic E-state index is 0.0587. The van der Waals surface area contributed by atoms with Crippen LogP contribution in [-0.2, 0) is 0 Å². The van der Waals surface area contributed by atoms with Crippen LogP contribution in [0, 0.1) is 11.7 Å². The van der Waals surface area contributed by atoms with Crippen LogP contribution >= 0.6 is 11.3 Å². The summed E-state index contributed by atoms with van der Waals surface area (Å²) in [5.41, 5.74) is 6.02. The summed E-state index contributed by atoms with van der Waals surface area (Å²) >= 11 is 1.14. The second-order valence-corrected chi connectivity index (χ2v) is 5.36. The predicted molar refractivity (Wildman–Crippen MR) is 75.4 cm³/mol. The molecule has 0 aliphatic rings. The first-order valence-corrected chi connectivity index (χ1v) is 6.62. The molecular weight excluding hydrogens is 265 g/mol. The number of halogens is 1. The van der Waals surface area contributed by atoms with Crippen molar-refractivity contribution in [2.24, 2.45) is 5.92 Å². The fraction of sp³-hybridized carbons (Fsp3) is 0.231. The first kappa shape index (κ1) is 13.5. The zero-order valence-electron chi connectivity index (χ0n) is 10.6. The van der Waals surface area contributed by atoms with Gasteiger partial charge in [-0.25, -0.2) is 9.37 Å². The molecule has 0 saturated carbocycles. The number of anilines is 3. The monoisotopic (exact) mass is 279 g/mol. The highest BCUT2D eigenvalue weighted by Gasteiger charge is 2.19. The Morgan fingerprint density at radius 1 is 1.42 bits per heavy atom. The van der Waals surface area contributed by atoms with Gasteiger partial charge in [-0.2, -0.15) is 0 Å². The minimum Gasteiger partial charge on any atom is -0.382 e. The van der Waals surface area contributed by atoms with Gasteiger partial charge in [-0.15, -0.1) is 0 Å². The molecule has 0 fully saturated rings. The third-order valence-electron chi connectivity index (χ3n) is 2.52. The van der Waals surface area contributed by atoms with Crippen LogP contribution in [0.2, 0.25) is 0 Å². The third-order valence-corrected chi connectivity index (χ3v) is 3.52. The van der Waals surface area contributed by atoms with E-state index in [9.17, 15) is 9.18 Å². The Hall–Kier alpha value is -1.95. The summed E-state index contributed by atoms with van der Waals surface area (Å²) in [7, 11) is 0. The van der Waals surface area contributed by atoms with Gasteiger partial charge in [-0.3, -0.25) is 4.79 Å². The highest BCUT2D eigenvalue weighted by molar-refractivity contribution is 7.18. The number of benzene rings is 1. The number of carbonyl (C=O) groups excluding carboxylic acids is 1. The van der Waals surface area contributed by atoms with Gasteiger partial charge in [0.2, 0.25) is 0 Å². The van der Waals surface area contributed by atoms with Crippen LogP contribution in [0.25, 0.3) is 0 Å². The van der Waals surface area contributed by atoms with Gasteiger partial charge in [0.25, 0.3) is 0 Å². The Labute approximate surface area is 114 Å². The lowest BCUT2D eigenvalue weighted by Crippen LogP contribution is -2.07. The number of hydrogen-bond donors (Lipinski definition) is 2. The Morgan fingerprint density at radius 2 is 2.11 bits per heavy atom. The zero-order valence-corrected chi connectivity index (χ0v) is 11.4. The van der Waals surface area contributed by atoms with Crippen molar-refractivity contribution in [1.29, 1.82) is 0 Å². The van der Waals surface area contributed by atoms with E-state index in [1.165, 1.54) is 6.07 Å². The number of rotatable bonds is 4. The summed E-state index contributed by atoms with van der Waals surface area (Å²) in [5, 5.41) is 3.24. The van der Waals surface area contributed by atoms with E-state index in [2.05, 4.69) is 10.3 Å². The highest BCUT2D eigenvalue weighted by atomic mass is 32.1. The summed E-state index contributed by atoms with van der Waals surface area (Å²) in [6.07, 6.45) is 0. The van der Waals surface area contributed by atoms with Crippen LogP contribution in [0.4, 0.5) is 21.0 Å². The molecule has 0 radical (unpaired) electrons. The van der Waals surface area contributed by atoms with E-state index in [0.717, 1.165) is 11.3 Å². The lowest BCUT2D eigenvalue weighted by atomic mass is 10.1. The molecule has 4 nitrogen and oxygen atoms in total. The molecule has 0 atom stereocenters. The number of nitrogens with one attached hydrogen (secondary N) is 1. The van der Waals surface area contributed by atoms with Crippen LogP contribution in [0.1, 0.15) is 23.5 Å². The molecule has 100 valence electrons. The minimum atomic E-state index is -0.381. The number of ketones is 1. The van der Waals surface area contributed by atoms with Crippen LogP contribution in [0.15, 0.2) is 24.3 Å². The maximum absolute atomic E-state index is 13.5. The van der Waals surface area contributed by atoms with Crippen LogP contribution in [-0.4, -0.2) is 10.8 Å². The SMILES string of the molecule is CC(C)C(=O)c1sc(Nc2ccccc2F)nc1N. The smallest absolute Gasteiger partial charge is 0.189 e. The third kappa shape index (κ3) is 2.90. The summed E-state index contributed by atoms with van der Waals surface area (Å²) in [4.78, 5) is 16.3. The van der Waals surface area contributed by atoms with Gasteiger partial charge in [0.05, 0.1) is 5.69 Å².